The van der Waals surface area contributed by atoms with Crippen LogP contribution in [-0.4, -0.2) is 87.3 Å². The number of nitriles is 1. The second-order valence-electron chi connectivity index (χ2n) is 13.1. The first-order chi connectivity index (χ1) is 20.0. The van der Waals surface area contributed by atoms with Crippen LogP contribution in [0.2, 0.25) is 0 Å². The van der Waals surface area contributed by atoms with Crippen molar-refractivity contribution in [3.05, 3.63) is 34.9 Å². The third-order valence-electron chi connectivity index (χ3n) is 9.21. The number of hydrogen-bond donors (Lipinski definition) is 4. The lowest BCUT2D eigenvalue weighted by Gasteiger charge is -2.39. The lowest BCUT2D eigenvalue weighted by molar-refractivity contribution is -0.141. The molecule has 5 unspecified atom stereocenters. The van der Waals surface area contributed by atoms with Gasteiger partial charge >= 0.3 is 6.09 Å². The summed E-state index contributed by atoms with van der Waals surface area (Å²) in [5, 5.41) is 23.5. The molecule has 1 aromatic carbocycles. The van der Waals surface area contributed by atoms with E-state index in [2.05, 4.69) is 22.0 Å². The van der Waals surface area contributed by atoms with Gasteiger partial charge in [-0.1, -0.05) is 17.4 Å². The molecule has 1 aromatic rings. The molecule has 13 heteroatoms. The van der Waals surface area contributed by atoms with Gasteiger partial charge in [-0.25, -0.2) is 10.2 Å². The number of rotatable bonds is 7. The van der Waals surface area contributed by atoms with E-state index in [1.54, 1.807) is 25.7 Å². The molecular formula is C29H37N9O4. The van der Waals surface area contributed by atoms with Crippen LogP contribution in [-0.2, 0) is 20.7 Å². The summed E-state index contributed by atoms with van der Waals surface area (Å²) in [6.07, 6.45) is 3.09. The Morgan fingerprint density at radius 3 is 2.71 bits per heavy atom. The van der Waals surface area contributed by atoms with Gasteiger partial charge in [-0.15, -0.1) is 0 Å². The molecule has 4 N–H and O–H groups in total. The summed E-state index contributed by atoms with van der Waals surface area (Å²) < 4.78 is 5.46. The standard InChI is InChI=1S/C29H37N9O4/c1-29(2,3)42-28(41)33-21(26(39)37-18(12-30)9-17-10-23(17)37)14-36-13-19-11-24(36)27(40)38(19)22-7-5-15-8-16(4-6-20(15)22)25(31)34-35-32/h4,6,8,17-19,21-24H,5,7,9-11,13-14H2,1-3H3,(H,33,41)(H3,31,32,34)/t17?,18?,19-,21?,22-,23?,24?/m0/s1. The Balaban J connectivity index is 1.17. The highest BCUT2D eigenvalue weighted by molar-refractivity contribution is 5.96. The van der Waals surface area contributed by atoms with Crippen molar-refractivity contribution in [2.75, 3.05) is 13.1 Å². The van der Waals surface area contributed by atoms with Gasteiger partial charge in [0.1, 0.15) is 23.5 Å². The van der Waals surface area contributed by atoms with E-state index in [-0.39, 0.29) is 48.4 Å². The summed E-state index contributed by atoms with van der Waals surface area (Å²) in [6.45, 7) is 6.04. The van der Waals surface area contributed by atoms with Crippen LogP contribution >= 0.6 is 0 Å². The largest absolute Gasteiger partial charge is 0.444 e. The van der Waals surface area contributed by atoms with Crippen LogP contribution in [0.3, 0.4) is 0 Å². The van der Waals surface area contributed by atoms with Crippen LogP contribution in [0.4, 0.5) is 4.79 Å². The maximum absolute atomic E-state index is 13.8. The average molecular weight is 576 g/mol. The highest BCUT2D eigenvalue weighted by atomic mass is 16.6. The highest BCUT2D eigenvalue weighted by Gasteiger charge is 2.57. The van der Waals surface area contributed by atoms with Gasteiger partial charge in [0.15, 0.2) is 0 Å². The van der Waals surface area contributed by atoms with Gasteiger partial charge in [0.2, 0.25) is 11.8 Å². The van der Waals surface area contributed by atoms with E-state index in [4.69, 9.17) is 15.7 Å². The molecule has 3 amide bonds. The summed E-state index contributed by atoms with van der Waals surface area (Å²) in [7, 11) is 0. The first-order valence-electron chi connectivity index (χ1n) is 14.6. The number of likely N-dealkylation sites (tertiary alicyclic amines) is 3. The van der Waals surface area contributed by atoms with Gasteiger partial charge in [-0.2, -0.15) is 10.8 Å². The van der Waals surface area contributed by atoms with E-state index in [9.17, 15) is 19.6 Å². The van der Waals surface area contributed by atoms with Crippen LogP contribution in [0.15, 0.2) is 23.4 Å². The number of nitrogens with one attached hydrogen (secondary N) is 4. The number of fused-ring (bicyclic) bond motifs is 4. The monoisotopic (exact) mass is 575 g/mol. The number of piperazine rings is 1. The van der Waals surface area contributed by atoms with Crippen molar-refractivity contribution in [2.24, 2.45) is 11.1 Å². The lowest BCUT2D eigenvalue weighted by atomic mass is 10.0. The quantitative estimate of drug-likeness (QED) is 0.167. The Bertz CT molecular complexity index is 1380. The molecule has 222 valence electrons. The zero-order chi connectivity index (χ0) is 29.9. The van der Waals surface area contributed by atoms with Gasteiger partial charge in [-0.05, 0) is 76.0 Å². The molecule has 3 aliphatic heterocycles. The summed E-state index contributed by atoms with van der Waals surface area (Å²) >= 11 is 0. The molecule has 6 rings (SSSR count). The van der Waals surface area contributed by atoms with Crippen molar-refractivity contribution in [3.63, 3.8) is 0 Å². The van der Waals surface area contributed by atoms with Crippen molar-refractivity contribution >= 4 is 23.7 Å². The van der Waals surface area contributed by atoms with Gasteiger partial charge in [0.05, 0.1) is 18.2 Å². The van der Waals surface area contributed by atoms with Crippen molar-refractivity contribution in [2.45, 2.75) is 94.7 Å². The fraction of sp³-hybridized carbons (Fsp3) is 0.621. The Hall–Kier alpha value is -4.05. The Kier molecular flexibility index (Phi) is 6.92. The van der Waals surface area contributed by atoms with Gasteiger partial charge < -0.3 is 19.9 Å². The van der Waals surface area contributed by atoms with Gasteiger partial charge in [-0.3, -0.25) is 19.9 Å². The van der Waals surface area contributed by atoms with E-state index >= 15 is 0 Å². The lowest BCUT2D eigenvalue weighted by Crippen LogP contribution is -2.59. The number of alkyl carbamates (subject to hydrolysis) is 1. The summed E-state index contributed by atoms with van der Waals surface area (Å²) in [5.41, 5.74) is 11.4. The van der Waals surface area contributed by atoms with E-state index in [1.165, 1.54) is 0 Å². The first-order valence-corrected chi connectivity index (χ1v) is 14.6. The molecule has 7 atom stereocenters. The van der Waals surface area contributed by atoms with E-state index in [0.29, 0.717) is 30.9 Å². The Morgan fingerprint density at radius 2 is 2.02 bits per heavy atom. The van der Waals surface area contributed by atoms with E-state index < -0.39 is 23.8 Å². The smallest absolute Gasteiger partial charge is 0.408 e. The Labute approximate surface area is 244 Å². The van der Waals surface area contributed by atoms with Crippen molar-refractivity contribution in [3.8, 4) is 6.07 Å². The third-order valence-corrected chi connectivity index (χ3v) is 9.21. The van der Waals surface area contributed by atoms with E-state index in [1.807, 2.05) is 28.0 Å². The van der Waals surface area contributed by atoms with Crippen LogP contribution in [0.5, 0.6) is 0 Å². The average Bonchev–Trinajstić information content (AvgIpc) is 3.26. The number of aryl methyl sites for hydroxylation is 1. The maximum atomic E-state index is 13.8. The number of piperidine rings is 1. The highest BCUT2D eigenvalue weighted by Crippen LogP contribution is 2.48. The minimum Gasteiger partial charge on any atom is -0.444 e. The van der Waals surface area contributed by atoms with Crippen LogP contribution in [0.25, 0.3) is 0 Å². The SMILES string of the molecule is CC(C)(C)OC(=O)NC(CN1C[C@@H]2CC1C(=O)N2[C@H]1CCc2cc(C(=N)NN=N)ccc21)C(=O)N1C(C#N)CC2CC21. The molecule has 0 radical (unpaired) electrons. The molecule has 1 saturated carbocycles. The van der Waals surface area contributed by atoms with Crippen LogP contribution in [0, 0.1) is 28.2 Å². The number of amides is 3. The Morgan fingerprint density at radius 1 is 1.24 bits per heavy atom. The maximum Gasteiger partial charge on any atom is 0.408 e. The fourth-order valence-electron chi connectivity index (χ4n) is 7.40. The molecule has 0 spiro atoms. The van der Waals surface area contributed by atoms with Gasteiger partial charge in [0, 0.05) is 30.7 Å². The predicted molar refractivity (Wildman–Crippen MR) is 149 cm³/mol. The number of amidine groups is 1. The molecule has 13 nitrogen and oxygen atoms in total. The normalized spacial score (nSPS) is 29.9. The molecule has 42 heavy (non-hydrogen) atoms. The molecular weight excluding hydrogens is 538 g/mol. The molecule has 0 aromatic heterocycles. The van der Waals surface area contributed by atoms with E-state index in [0.717, 1.165) is 30.4 Å². The number of carbonyl (C=O) groups is 3. The molecule has 4 fully saturated rings. The van der Waals surface area contributed by atoms with Gasteiger partial charge in [0.25, 0.3) is 0 Å². The molecule has 2 bridgehead atoms. The number of benzene rings is 1. The number of carbonyl (C=O) groups excluding carboxylic acids is 3. The number of nitrogens with zero attached hydrogens (tertiary/aromatic N) is 5. The molecule has 3 saturated heterocycles. The minimum atomic E-state index is -0.930. The summed E-state index contributed by atoms with van der Waals surface area (Å²) in [6, 6.07) is 6.13. The second-order valence-corrected chi connectivity index (χ2v) is 13.1. The second kappa shape index (κ2) is 10.3. The van der Waals surface area contributed by atoms with Crippen molar-refractivity contribution in [1.29, 1.82) is 16.2 Å². The molecule has 5 aliphatic rings. The summed E-state index contributed by atoms with van der Waals surface area (Å²) in [4.78, 5) is 46.0. The topological polar surface area (TPSA) is 178 Å². The fourth-order valence-corrected chi connectivity index (χ4v) is 7.40. The van der Waals surface area contributed by atoms with Crippen molar-refractivity contribution < 1.29 is 19.1 Å². The number of ether oxygens (including phenoxy) is 1. The molecule has 3 heterocycles. The van der Waals surface area contributed by atoms with Crippen molar-refractivity contribution in [1.82, 2.24) is 25.4 Å². The zero-order valence-electron chi connectivity index (χ0n) is 24.1. The summed E-state index contributed by atoms with van der Waals surface area (Å²) in [5.74, 6) is 0.138. The molecule has 2 aliphatic carbocycles. The van der Waals surface area contributed by atoms with Crippen LogP contribution in [0.1, 0.15) is 69.2 Å². The number of hydrogen-bond acceptors (Lipinski definition) is 9. The zero-order valence-corrected chi connectivity index (χ0v) is 24.1. The third kappa shape index (κ3) is 4.98. The predicted octanol–water partition coefficient (Wildman–Crippen LogP) is 2.23. The first kappa shape index (κ1) is 28.1. The van der Waals surface area contributed by atoms with Crippen LogP contribution < -0.4 is 10.7 Å². The minimum absolute atomic E-state index is 0.0102.